The summed E-state index contributed by atoms with van der Waals surface area (Å²) in [6, 6.07) is 5.67. The normalized spacial score (nSPS) is 12.0. The summed E-state index contributed by atoms with van der Waals surface area (Å²) in [5, 5.41) is 4.34. The zero-order valence-electron chi connectivity index (χ0n) is 12.4. The highest BCUT2D eigenvalue weighted by atomic mass is 32.2. The molecule has 0 bridgehead atoms. The number of nitrogens with zero attached hydrogens (tertiary/aromatic N) is 3. The zero-order valence-corrected chi connectivity index (χ0v) is 13.3. The maximum atomic E-state index is 11.8. The molecule has 0 radical (unpaired) electrons. The summed E-state index contributed by atoms with van der Waals surface area (Å²) < 4.78 is 28.0. The highest BCUT2D eigenvalue weighted by Crippen LogP contribution is 2.18. The van der Waals surface area contributed by atoms with Gasteiger partial charge in [0.2, 0.25) is 10.0 Å². The fourth-order valence-electron chi connectivity index (χ4n) is 2.09. The maximum Gasteiger partial charge on any atom is 0.212 e. The van der Waals surface area contributed by atoms with Crippen LogP contribution in [0.25, 0.3) is 11.3 Å². The first kappa shape index (κ1) is 15.7. The third kappa shape index (κ3) is 4.37. The first-order chi connectivity index (χ1) is 9.87. The highest BCUT2D eigenvalue weighted by molar-refractivity contribution is 7.89. The van der Waals surface area contributed by atoms with Crippen molar-refractivity contribution in [2.75, 3.05) is 5.75 Å². The van der Waals surface area contributed by atoms with Crippen LogP contribution in [0.2, 0.25) is 0 Å². The van der Waals surface area contributed by atoms with E-state index in [1.165, 1.54) is 0 Å². The molecule has 0 aliphatic heterocycles. The Balaban J connectivity index is 2.10. The molecule has 0 unspecified atom stereocenters. The maximum absolute atomic E-state index is 11.8. The van der Waals surface area contributed by atoms with Gasteiger partial charge < -0.3 is 0 Å². The predicted octanol–water partition coefficient (Wildman–Crippen LogP) is 1.56. The lowest BCUT2D eigenvalue weighted by atomic mass is 10.2. The van der Waals surface area contributed by atoms with Gasteiger partial charge in [0, 0.05) is 25.0 Å². The molecule has 0 aliphatic carbocycles. The Hall–Kier alpha value is -1.73. The van der Waals surface area contributed by atoms with Crippen molar-refractivity contribution in [2.24, 2.45) is 13.0 Å². The molecule has 2 aromatic rings. The van der Waals surface area contributed by atoms with Crippen molar-refractivity contribution in [2.45, 2.75) is 20.4 Å². The number of aromatic nitrogens is 3. The average molecular weight is 308 g/mol. The van der Waals surface area contributed by atoms with Crippen LogP contribution in [0, 0.1) is 5.92 Å². The molecule has 0 aliphatic rings. The average Bonchev–Trinajstić information content (AvgIpc) is 2.78. The first-order valence-corrected chi connectivity index (χ1v) is 8.43. The van der Waals surface area contributed by atoms with Crippen LogP contribution in [0.4, 0.5) is 0 Å². The van der Waals surface area contributed by atoms with E-state index < -0.39 is 10.0 Å². The highest BCUT2D eigenvalue weighted by Gasteiger charge is 2.14. The van der Waals surface area contributed by atoms with Crippen molar-refractivity contribution in [1.29, 1.82) is 0 Å². The van der Waals surface area contributed by atoms with Crippen LogP contribution in [-0.4, -0.2) is 28.9 Å². The van der Waals surface area contributed by atoms with Gasteiger partial charge in [0.25, 0.3) is 0 Å². The van der Waals surface area contributed by atoms with Crippen LogP contribution < -0.4 is 4.72 Å². The van der Waals surface area contributed by atoms with Crippen LogP contribution in [-0.2, 0) is 23.6 Å². The molecule has 0 aromatic carbocycles. The third-order valence-electron chi connectivity index (χ3n) is 2.93. The summed E-state index contributed by atoms with van der Waals surface area (Å²) in [6.07, 6.45) is 3.43. The van der Waals surface area contributed by atoms with Crippen molar-refractivity contribution in [3.8, 4) is 11.3 Å². The van der Waals surface area contributed by atoms with E-state index in [1.54, 1.807) is 17.1 Å². The second-order valence-electron chi connectivity index (χ2n) is 5.38. The van der Waals surface area contributed by atoms with Gasteiger partial charge in [-0.15, -0.1) is 0 Å². The number of aryl methyl sites for hydroxylation is 1. The molecule has 1 N–H and O–H groups in total. The minimum atomic E-state index is -3.26. The van der Waals surface area contributed by atoms with Gasteiger partial charge in [0.1, 0.15) is 0 Å². The summed E-state index contributed by atoms with van der Waals surface area (Å²) >= 11 is 0. The van der Waals surface area contributed by atoms with Crippen molar-refractivity contribution >= 4 is 10.0 Å². The molecule has 2 rings (SSSR count). The molecule has 114 valence electrons. The van der Waals surface area contributed by atoms with Crippen molar-refractivity contribution in [3.63, 3.8) is 0 Å². The molecule has 0 spiro atoms. The van der Waals surface area contributed by atoms with Gasteiger partial charge in [0.05, 0.1) is 23.7 Å². The first-order valence-electron chi connectivity index (χ1n) is 6.78. The fourth-order valence-corrected chi connectivity index (χ4v) is 3.45. The van der Waals surface area contributed by atoms with E-state index in [1.807, 2.05) is 39.1 Å². The van der Waals surface area contributed by atoms with Gasteiger partial charge in [-0.2, -0.15) is 5.10 Å². The predicted molar refractivity (Wildman–Crippen MR) is 81.9 cm³/mol. The lowest BCUT2D eigenvalue weighted by Crippen LogP contribution is -2.28. The number of nitrogens with one attached hydrogen (secondary N) is 1. The molecule has 0 atom stereocenters. The lowest BCUT2D eigenvalue weighted by Gasteiger charge is -2.07. The van der Waals surface area contributed by atoms with Crippen molar-refractivity contribution in [1.82, 2.24) is 19.5 Å². The summed E-state index contributed by atoms with van der Waals surface area (Å²) in [5.74, 6) is 0.218. The van der Waals surface area contributed by atoms with E-state index >= 15 is 0 Å². The summed E-state index contributed by atoms with van der Waals surface area (Å²) in [5.41, 5.74) is 2.61. The monoisotopic (exact) mass is 308 g/mol. The second kappa shape index (κ2) is 6.36. The van der Waals surface area contributed by atoms with E-state index in [-0.39, 0.29) is 18.2 Å². The molecule has 21 heavy (non-hydrogen) atoms. The summed E-state index contributed by atoms with van der Waals surface area (Å²) in [6.45, 7) is 3.96. The summed E-state index contributed by atoms with van der Waals surface area (Å²) in [4.78, 5) is 3.98. The Morgan fingerprint density at radius 3 is 2.57 bits per heavy atom. The van der Waals surface area contributed by atoms with E-state index in [4.69, 9.17) is 0 Å². The van der Waals surface area contributed by atoms with Crippen LogP contribution in [0.5, 0.6) is 0 Å². The van der Waals surface area contributed by atoms with E-state index in [0.29, 0.717) is 5.69 Å². The molecule has 0 saturated heterocycles. The van der Waals surface area contributed by atoms with Crippen LogP contribution in [0.1, 0.15) is 19.5 Å². The molecule has 0 fully saturated rings. The lowest BCUT2D eigenvalue weighted by molar-refractivity contribution is 0.566. The Labute approximate surface area is 125 Å². The van der Waals surface area contributed by atoms with Crippen LogP contribution in [0.15, 0.2) is 30.6 Å². The molecule has 0 amide bonds. The number of hydrogen-bond acceptors (Lipinski definition) is 4. The standard InChI is InChI=1S/C14H20N4O2S/c1-11(2)10-21(19,20)16-9-13-8-14(18(3)17-13)12-4-6-15-7-5-12/h4-8,11,16H,9-10H2,1-3H3. The van der Waals surface area contributed by atoms with Gasteiger partial charge in [-0.1, -0.05) is 13.8 Å². The van der Waals surface area contributed by atoms with E-state index in [9.17, 15) is 8.42 Å². The minimum Gasteiger partial charge on any atom is -0.268 e. The Kier molecular flexibility index (Phi) is 4.74. The topological polar surface area (TPSA) is 76.9 Å². The summed E-state index contributed by atoms with van der Waals surface area (Å²) in [7, 11) is -1.42. The van der Waals surface area contributed by atoms with Gasteiger partial charge in [-0.05, 0) is 24.1 Å². The molecule has 7 heteroatoms. The third-order valence-corrected chi connectivity index (χ3v) is 4.62. The van der Waals surface area contributed by atoms with Gasteiger partial charge >= 0.3 is 0 Å². The Morgan fingerprint density at radius 2 is 1.95 bits per heavy atom. The SMILES string of the molecule is CC(C)CS(=O)(=O)NCc1cc(-c2ccncc2)n(C)n1. The molecule has 6 nitrogen and oxygen atoms in total. The van der Waals surface area contributed by atoms with Crippen LogP contribution in [0.3, 0.4) is 0 Å². The smallest absolute Gasteiger partial charge is 0.212 e. The molecular formula is C14H20N4O2S. The zero-order chi connectivity index (χ0) is 15.5. The fraction of sp³-hybridized carbons (Fsp3) is 0.429. The molecule has 2 aromatic heterocycles. The van der Waals surface area contributed by atoms with Gasteiger partial charge in [-0.3, -0.25) is 9.67 Å². The largest absolute Gasteiger partial charge is 0.268 e. The van der Waals surface area contributed by atoms with Crippen molar-refractivity contribution in [3.05, 3.63) is 36.3 Å². The quantitative estimate of drug-likeness (QED) is 0.878. The van der Waals surface area contributed by atoms with Crippen LogP contribution >= 0.6 is 0 Å². The number of sulfonamides is 1. The molecule has 2 heterocycles. The second-order valence-corrected chi connectivity index (χ2v) is 7.23. The Morgan fingerprint density at radius 1 is 1.29 bits per heavy atom. The molecule has 0 saturated carbocycles. The number of pyridine rings is 1. The van der Waals surface area contributed by atoms with Gasteiger partial charge in [0.15, 0.2) is 0 Å². The number of rotatable bonds is 6. The minimum absolute atomic E-state index is 0.0959. The van der Waals surface area contributed by atoms with Crippen molar-refractivity contribution < 1.29 is 8.42 Å². The van der Waals surface area contributed by atoms with Gasteiger partial charge in [-0.25, -0.2) is 13.1 Å². The number of hydrogen-bond donors (Lipinski definition) is 1. The molecular weight excluding hydrogens is 288 g/mol. The Bertz CT molecular complexity index is 693. The van der Waals surface area contributed by atoms with E-state index in [2.05, 4.69) is 14.8 Å². The van der Waals surface area contributed by atoms with E-state index in [0.717, 1.165) is 11.3 Å².